The molecule has 4 N–H and O–H groups in total. The van der Waals surface area contributed by atoms with Crippen LogP contribution in [0, 0.1) is 12.3 Å². The lowest BCUT2D eigenvalue weighted by molar-refractivity contribution is 0.689. The van der Waals surface area contributed by atoms with E-state index in [1.54, 1.807) is 0 Å². The van der Waals surface area contributed by atoms with Crippen LogP contribution in [0.3, 0.4) is 0 Å². The van der Waals surface area contributed by atoms with Crippen LogP contribution in [0.2, 0.25) is 0 Å². The van der Waals surface area contributed by atoms with Crippen LogP contribution in [0.25, 0.3) is 22.2 Å². The van der Waals surface area contributed by atoms with Gasteiger partial charge in [-0.3, -0.25) is 0 Å². The highest BCUT2D eigenvalue weighted by Crippen LogP contribution is 2.39. The second kappa shape index (κ2) is 7.91. The molecule has 148 valence electrons. The van der Waals surface area contributed by atoms with Crippen LogP contribution in [0.5, 0.6) is 0 Å². The Kier molecular flexibility index (Phi) is 5.33. The fraction of sp³-hybridized carbons (Fsp3) is 0.250. The molecule has 4 rings (SSSR count). The molecule has 0 aliphatic heterocycles. The quantitative estimate of drug-likeness (QED) is 0.381. The van der Waals surface area contributed by atoms with Gasteiger partial charge in [0.2, 0.25) is 0 Å². The van der Waals surface area contributed by atoms with Crippen LogP contribution < -0.4 is 11.1 Å². The van der Waals surface area contributed by atoms with E-state index in [0.29, 0.717) is 5.03 Å². The summed E-state index contributed by atoms with van der Waals surface area (Å²) < 4.78 is 0. The summed E-state index contributed by atoms with van der Waals surface area (Å²) in [5.41, 5.74) is 14.8. The Labute approximate surface area is 176 Å². The molecule has 1 aliphatic carbocycles. The Bertz CT molecular complexity index is 1130. The fourth-order valence-corrected chi connectivity index (χ4v) is 4.95. The zero-order chi connectivity index (χ0) is 20.5. The molecule has 0 amide bonds. The standard InChI is InChI=1S/C24H26N4S/c1-14-8-9-16(12-22(14)29-15(2)26)24-18-7-5-4-6-17(18)23-19(13-25)20(27-3)10-11-21(23)28-24/h8-13,25,27H,2,4-7,26H2,1,3H3. The summed E-state index contributed by atoms with van der Waals surface area (Å²) in [7, 11) is 1.90. The van der Waals surface area contributed by atoms with Crippen molar-refractivity contribution in [2.45, 2.75) is 37.5 Å². The number of hydrogen-bond donors (Lipinski definition) is 3. The Hall–Kier alpha value is -2.79. The van der Waals surface area contributed by atoms with E-state index in [1.165, 1.54) is 47.5 Å². The zero-order valence-electron chi connectivity index (χ0n) is 16.9. The normalized spacial score (nSPS) is 13.2. The molecular formula is C24H26N4S. The lowest BCUT2D eigenvalue weighted by Gasteiger charge is -2.23. The van der Waals surface area contributed by atoms with Crippen LogP contribution >= 0.6 is 11.8 Å². The van der Waals surface area contributed by atoms with Gasteiger partial charge in [-0.25, -0.2) is 4.98 Å². The van der Waals surface area contributed by atoms with Crippen LogP contribution in [0.4, 0.5) is 5.69 Å². The van der Waals surface area contributed by atoms with Gasteiger partial charge in [0.1, 0.15) is 0 Å². The first kappa shape index (κ1) is 19.5. The number of aryl methyl sites for hydroxylation is 2. The summed E-state index contributed by atoms with van der Waals surface area (Å²) in [4.78, 5) is 6.22. The molecule has 0 atom stereocenters. The molecule has 3 aromatic rings. The lowest BCUT2D eigenvalue weighted by Crippen LogP contribution is -2.10. The Morgan fingerprint density at radius 2 is 1.97 bits per heavy atom. The number of nitrogens with two attached hydrogens (primary N) is 1. The molecule has 1 aromatic heterocycles. The zero-order valence-corrected chi connectivity index (χ0v) is 17.7. The third-order valence-electron chi connectivity index (χ3n) is 5.63. The molecule has 0 saturated carbocycles. The second-order valence-electron chi connectivity index (χ2n) is 7.49. The van der Waals surface area contributed by atoms with E-state index in [2.05, 4.69) is 43.1 Å². The molecule has 5 heteroatoms. The number of rotatable bonds is 5. The van der Waals surface area contributed by atoms with E-state index in [4.69, 9.17) is 16.1 Å². The largest absolute Gasteiger partial charge is 0.394 e. The fourth-order valence-electron chi connectivity index (χ4n) is 4.25. The van der Waals surface area contributed by atoms with Crippen LogP contribution in [0.15, 0.2) is 46.8 Å². The first-order valence-electron chi connectivity index (χ1n) is 9.93. The first-order chi connectivity index (χ1) is 14.0. The molecule has 2 aromatic carbocycles. The summed E-state index contributed by atoms with van der Waals surface area (Å²) in [5.74, 6) is 0. The van der Waals surface area contributed by atoms with E-state index in [9.17, 15) is 0 Å². The van der Waals surface area contributed by atoms with E-state index < -0.39 is 0 Å². The number of hydrogen-bond acceptors (Lipinski definition) is 5. The van der Waals surface area contributed by atoms with Crippen molar-refractivity contribution in [2.75, 3.05) is 12.4 Å². The van der Waals surface area contributed by atoms with Crippen LogP contribution in [-0.4, -0.2) is 18.2 Å². The van der Waals surface area contributed by atoms with Crippen molar-refractivity contribution >= 4 is 34.6 Å². The Morgan fingerprint density at radius 3 is 2.66 bits per heavy atom. The lowest BCUT2D eigenvalue weighted by atomic mass is 9.84. The molecule has 4 nitrogen and oxygen atoms in total. The number of nitrogens with zero attached hydrogens (tertiary/aromatic N) is 1. The summed E-state index contributed by atoms with van der Waals surface area (Å²) >= 11 is 1.50. The first-order valence-corrected chi connectivity index (χ1v) is 10.7. The average molecular weight is 403 g/mol. The second-order valence-corrected chi connectivity index (χ2v) is 8.66. The van der Waals surface area contributed by atoms with E-state index in [1.807, 2.05) is 13.1 Å². The van der Waals surface area contributed by atoms with Crippen molar-refractivity contribution in [3.05, 3.63) is 64.2 Å². The predicted molar refractivity (Wildman–Crippen MR) is 125 cm³/mol. The van der Waals surface area contributed by atoms with Crippen LogP contribution in [-0.2, 0) is 12.8 Å². The van der Waals surface area contributed by atoms with Crippen molar-refractivity contribution in [3.8, 4) is 11.3 Å². The topological polar surface area (TPSA) is 74.8 Å². The maximum atomic E-state index is 8.01. The van der Waals surface area contributed by atoms with Gasteiger partial charge in [0, 0.05) is 40.4 Å². The van der Waals surface area contributed by atoms with E-state index in [0.717, 1.165) is 51.1 Å². The number of thioether (sulfide) groups is 1. The van der Waals surface area contributed by atoms with E-state index in [-0.39, 0.29) is 0 Å². The van der Waals surface area contributed by atoms with Crippen molar-refractivity contribution < 1.29 is 0 Å². The van der Waals surface area contributed by atoms with Gasteiger partial charge >= 0.3 is 0 Å². The number of pyridine rings is 1. The molecule has 0 fully saturated rings. The van der Waals surface area contributed by atoms with Crippen molar-refractivity contribution in [2.24, 2.45) is 5.73 Å². The minimum Gasteiger partial charge on any atom is -0.394 e. The smallest absolute Gasteiger partial charge is 0.0744 e. The minimum atomic E-state index is 0.592. The van der Waals surface area contributed by atoms with Crippen molar-refractivity contribution in [3.63, 3.8) is 0 Å². The highest BCUT2D eigenvalue weighted by molar-refractivity contribution is 8.03. The van der Waals surface area contributed by atoms with Gasteiger partial charge in [0.15, 0.2) is 0 Å². The summed E-state index contributed by atoms with van der Waals surface area (Å²) in [5, 5.41) is 12.9. The highest BCUT2D eigenvalue weighted by Gasteiger charge is 2.22. The minimum absolute atomic E-state index is 0.592. The molecule has 0 spiro atoms. The molecule has 1 heterocycles. The van der Waals surface area contributed by atoms with Gasteiger partial charge in [-0.2, -0.15) is 0 Å². The molecular weight excluding hydrogens is 376 g/mol. The summed E-state index contributed by atoms with van der Waals surface area (Å²) in [6.07, 6.45) is 5.86. The number of benzene rings is 2. The molecule has 29 heavy (non-hydrogen) atoms. The number of anilines is 1. The third kappa shape index (κ3) is 3.51. The summed E-state index contributed by atoms with van der Waals surface area (Å²) in [6.45, 7) is 5.93. The average Bonchev–Trinajstić information content (AvgIpc) is 2.73. The van der Waals surface area contributed by atoms with Gasteiger partial charge < -0.3 is 16.5 Å². The number of aromatic nitrogens is 1. The monoisotopic (exact) mass is 402 g/mol. The van der Waals surface area contributed by atoms with Gasteiger partial charge in [-0.15, -0.1) is 0 Å². The molecule has 0 bridgehead atoms. The van der Waals surface area contributed by atoms with Crippen LogP contribution in [0.1, 0.15) is 35.1 Å². The molecule has 0 radical (unpaired) electrons. The molecule has 0 saturated heterocycles. The van der Waals surface area contributed by atoms with Gasteiger partial charge in [-0.1, -0.05) is 30.5 Å². The van der Waals surface area contributed by atoms with Crippen molar-refractivity contribution in [1.29, 1.82) is 5.41 Å². The number of nitrogens with one attached hydrogen (secondary N) is 2. The number of fused-ring (bicyclic) bond motifs is 3. The SMILES string of the molecule is C=C(N)Sc1cc(-c2nc3ccc(NC)c(C=N)c3c3c2CCCC3)ccc1C. The van der Waals surface area contributed by atoms with Gasteiger partial charge in [0.05, 0.1) is 16.2 Å². The van der Waals surface area contributed by atoms with E-state index >= 15 is 0 Å². The predicted octanol–water partition coefficient (Wildman–Crippen LogP) is 5.65. The van der Waals surface area contributed by atoms with Gasteiger partial charge in [-0.05, 0) is 67.5 Å². The van der Waals surface area contributed by atoms with Gasteiger partial charge in [0.25, 0.3) is 0 Å². The Balaban J connectivity index is 2.00. The molecule has 1 aliphatic rings. The highest BCUT2D eigenvalue weighted by atomic mass is 32.2. The van der Waals surface area contributed by atoms with Crippen molar-refractivity contribution in [1.82, 2.24) is 4.98 Å². The maximum absolute atomic E-state index is 8.01. The Morgan fingerprint density at radius 1 is 1.21 bits per heavy atom. The third-order valence-corrected chi connectivity index (χ3v) is 6.55. The summed E-state index contributed by atoms with van der Waals surface area (Å²) in [6, 6.07) is 10.6. The molecule has 0 unspecified atom stereocenters. The maximum Gasteiger partial charge on any atom is 0.0744 e.